The summed E-state index contributed by atoms with van der Waals surface area (Å²) in [5, 5.41) is 2.12. The topological polar surface area (TPSA) is 73.8 Å². The molecule has 4 nitrogen and oxygen atoms in total. The Balaban J connectivity index is 2.05. The van der Waals surface area contributed by atoms with Gasteiger partial charge in [0.25, 0.3) is 0 Å². The maximum Gasteiger partial charge on any atom is 0.101 e. The van der Waals surface area contributed by atoms with E-state index < -0.39 is 10.1 Å². The van der Waals surface area contributed by atoms with Gasteiger partial charge in [-0.2, -0.15) is 0 Å². The average molecular weight is 243 g/mol. The molecule has 0 amide bonds. The monoisotopic (exact) mass is 243 g/mol. The third-order valence-electron chi connectivity index (χ3n) is 2.28. The molecule has 0 unspecified atom stereocenters. The summed E-state index contributed by atoms with van der Waals surface area (Å²) in [7, 11) is -4.03. The maximum absolute atomic E-state index is 10.3. The Hall–Kier alpha value is -0.910. The third-order valence-corrected chi connectivity index (χ3v) is 3.06. The normalized spacial score (nSPS) is 11.6. The van der Waals surface area contributed by atoms with Crippen molar-refractivity contribution in [2.75, 3.05) is 12.3 Å². The van der Waals surface area contributed by atoms with Crippen LogP contribution in [0.1, 0.15) is 18.4 Å². The molecule has 90 valence electrons. The van der Waals surface area contributed by atoms with Crippen LogP contribution >= 0.6 is 0 Å². The highest BCUT2D eigenvalue weighted by Gasteiger charge is 1.97. The van der Waals surface area contributed by atoms with Gasteiger partial charge in [0, 0.05) is 11.3 Å². The van der Waals surface area contributed by atoms with Gasteiger partial charge in [0.05, 0.1) is 16.7 Å². The van der Waals surface area contributed by atoms with Crippen molar-refractivity contribution in [2.45, 2.75) is 19.4 Å². The van der Waals surface area contributed by atoms with E-state index >= 15 is 0 Å². The van der Waals surface area contributed by atoms with E-state index in [1.54, 1.807) is 0 Å². The van der Waals surface area contributed by atoms with Gasteiger partial charge in [0.1, 0.15) is 6.54 Å². The molecule has 0 aliphatic rings. The van der Waals surface area contributed by atoms with Crippen molar-refractivity contribution >= 4 is 10.1 Å². The van der Waals surface area contributed by atoms with Gasteiger partial charge < -0.3 is 9.87 Å². The third kappa shape index (κ3) is 6.55. The van der Waals surface area contributed by atoms with Crippen LogP contribution in [0.3, 0.4) is 0 Å². The Kier molecular flexibility index (Phi) is 5.45. The summed E-state index contributed by atoms with van der Waals surface area (Å²) in [4.78, 5) is 0. The molecule has 0 radical (unpaired) electrons. The highest BCUT2D eigenvalue weighted by molar-refractivity contribution is 7.85. The molecule has 0 aliphatic heterocycles. The van der Waals surface area contributed by atoms with Gasteiger partial charge in [-0.05, 0) is 12.8 Å². The summed E-state index contributed by atoms with van der Waals surface area (Å²) >= 11 is 0. The molecule has 5 heteroatoms. The fourth-order valence-corrected chi connectivity index (χ4v) is 2.01. The summed E-state index contributed by atoms with van der Waals surface area (Å²) in [5.74, 6) is -0.244. The minimum absolute atomic E-state index is 0.244. The fourth-order valence-electron chi connectivity index (χ4n) is 1.45. The summed E-state index contributed by atoms with van der Waals surface area (Å²) in [5.41, 5.74) is 1.25. The van der Waals surface area contributed by atoms with Gasteiger partial charge in [-0.1, -0.05) is 30.3 Å². The molecule has 0 saturated carbocycles. The molecule has 0 fully saturated rings. The van der Waals surface area contributed by atoms with E-state index in [0.29, 0.717) is 6.42 Å². The minimum Gasteiger partial charge on any atom is -0.748 e. The van der Waals surface area contributed by atoms with E-state index in [2.05, 4.69) is 17.4 Å². The second-order valence-corrected chi connectivity index (χ2v) is 5.26. The van der Waals surface area contributed by atoms with Gasteiger partial charge in [-0.3, -0.25) is 0 Å². The Morgan fingerprint density at radius 1 is 1.12 bits per heavy atom. The van der Waals surface area contributed by atoms with Gasteiger partial charge in [0.2, 0.25) is 0 Å². The number of rotatable bonds is 7. The zero-order chi connectivity index (χ0) is 11.9. The van der Waals surface area contributed by atoms with Gasteiger partial charge >= 0.3 is 0 Å². The van der Waals surface area contributed by atoms with E-state index in [4.69, 9.17) is 0 Å². The molecular weight excluding hydrogens is 226 g/mol. The molecule has 0 aliphatic carbocycles. The Labute approximate surface area is 96.4 Å². The lowest BCUT2D eigenvalue weighted by Gasteiger charge is -2.05. The molecule has 0 bridgehead atoms. The molecule has 16 heavy (non-hydrogen) atoms. The molecule has 1 rings (SSSR count). The predicted molar refractivity (Wildman–Crippen MR) is 60.7 cm³/mol. The highest BCUT2D eigenvalue weighted by atomic mass is 32.2. The van der Waals surface area contributed by atoms with E-state index in [-0.39, 0.29) is 5.75 Å². The van der Waals surface area contributed by atoms with Crippen molar-refractivity contribution in [3.63, 3.8) is 0 Å². The Morgan fingerprint density at radius 3 is 2.44 bits per heavy atom. The quantitative estimate of drug-likeness (QED) is 0.544. The van der Waals surface area contributed by atoms with Gasteiger partial charge in [-0.25, -0.2) is 8.42 Å². The standard InChI is InChI=1S/C11H17NO3S/c13-16(14,15)9-5-4-8-12-10-11-6-2-1-3-7-11/h1-3,6-7,12H,4-5,8-10H2,(H,13,14,15). The molecule has 0 atom stereocenters. The van der Waals surface area contributed by atoms with Crippen molar-refractivity contribution < 1.29 is 18.3 Å². The first-order valence-electron chi connectivity index (χ1n) is 5.37. The van der Waals surface area contributed by atoms with E-state index in [1.165, 1.54) is 5.56 Å². The number of hydrogen-bond donors (Lipinski definition) is 1. The van der Waals surface area contributed by atoms with Crippen molar-refractivity contribution in [2.24, 2.45) is 0 Å². The number of quaternary nitrogens is 1. The summed E-state index contributed by atoms with van der Waals surface area (Å²) in [6.07, 6.45) is 1.21. The molecule has 1 aromatic carbocycles. The van der Waals surface area contributed by atoms with Crippen LogP contribution in [0.2, 0.25) is 0 Å². The SMILES string of the molecule is O=S(=O)([O-])CCCC[NH2+]Cc1ccccc1. The van der Waals surface area contributed by atoms with Crippen LogP contribution in [-0.4, -0.2) is 25.3 Å². The zero-order valence-corrected chi connectivity index (χ0v) is 9.95. The van der Waals surface area contributed by atoms with Crippen LogP contribution in [0.4, 0.5) is 0 Å². The lowest BCUT2D eigenvalue weighted by atomic mass is 10.2. The first kappa shape index (κ1) is 13.2. The zero-order valence-electron chi connectivity index (χ0n) is 9.13. The lowest BCUT2D eigenvalue weighted by molar-refractivity contribution is -0.670. The van der Waals surface area contributed by atoms with Crippen molar-refractivity contribution in [3.05, 3.63) is 35.9 Å². The second-order valence-electron chi connectivity index (χ2n) is 3.74. The van der Waals surface area contributed by atoms with E-state index in [9.17, 15) is 13.0 Å². The molecule has 1 aromatic rings. The first-order chi connectivity index (χ1) is 7.58. The summed E-state index contributed by atoms with van der Waals surface area (Å²) < 4.78 is 31.0. The van der Waals surface area contributed by atoms with Crippen molar-refractivity contribution in [1.29, 1.82) is 0 Å². The Morgan fingerprint density at radius 2 is 1.81 bits per heavy atom. The molecular formula is C11H17NO3S. The van der Waals surface area contributed by atoms with Gasteiger partial charge in [0.15, 0.2) is 0 Å². The smallest absolute Gasteiger partial charge is 0.101 e. The van der Waals surface area contributed by atoms with Crippen molar-refractivity contribution in [1.82, 2.24) is 0 Å². The maximum atomic E-state index is 10.3. The number of unbranched alkanes of at least 4 members (excludes halogenated alkanes) is 1. The molecule has 0 heterocycles. The minimum atomic E-state index is -4.03. The molecule has 0 aromatic heterocycles. The molecule has 0 spiro atoms. The first-order valence-corrected chi connectivity index (χ1v) is 6.95. The second kappa shape index (κ2) is 6.62. The number of benzene rings is 1. The largest absolute Gasteiger partial charge is 0.748 e. The highest BCUT2D eigenvalue weighted by Crippen LogP contribution is 1.95. The number of hydrogen-bond acceptors (Lipinski definition) is 3. The predicted octanol–water partition coefficient (Wildman–Crippen LogP) is 0.0754. The summed E-state index contributed by atoms with van der Waals surface area (Å²) in [6.45, 7) is 1.75. The molecule has 2 N–H and O–H groups in total. The Bertz CT molecular complexity index is 389. The van der Waals surface area contributed by atoms with Crippen molar-refractivity contribution in [3.8, 4) is 0 Å². The number of nitrogens with two attached hydrogens (primary N) is 1. The van der Waals surface area contributed by atoms with Crippen LogP contribution in [0.25, 0.3) is 0 Å². The fraction of sp³-hybridized carbons (Fsp3) is 0.455. The van der Waals surface area contributed by atoms with Crippen LogP contribution in [-0.2, 0) is 16.7 Å². The van der Waals surface area contributed by atoms with Crippen LogP contribution in [0.5, 0.6) is 0 Å². The van der Waals surface area contributed by atoms with Gasteiger partial charge in [-0.15, -0.1) is 0 Å². The average Bonchev–Trinajstić information content (AvgIpc) is 2.23. The lowest BCUT2D eigenvalue weighted by Crippen LogP contribution is -2.82. The summed E-state index contributed by atoms with van der Waals surface area (Å²) in [6, 6.07) is 10.1. The van der Waals surface area contributed by atoms with Crippen LogP contribution in [0, 0.1) is 0 Å². The van der Waals surface area contributed by atoms with Crippen LogP contribution in [0.15, 0.2) is 30.3 Å². The van der Waals surface area contributed by atoms with Crippen LogP contribution < -0.4 is 5.32 Å². The molecule has 0 saturated heterocycles. The van der Waals surface area contributed by atoms with E-state index in [1.807, 2.05) is 18.2 Å². The van der Waals surface area contributed by atoms with E-state index in [0.717, 1.165) is 19.5 Å².